The van der Waals surface area contributed by atoms with Crippen molar-refractivity contribution in [2.45, 2.75) is 25.8 Å². The van der Waals surface area contributed by atoms with Gasteiger partial charge in [0.2, 0.25) is 0 Å². The van der Waals surface area contributed by atoms with Gasteiger partial charge in [0, 0.05) is 0 Å². The highest BCUT2D eigenvalue weighted by Gasteiger charge is 2.17. The van der Waals surface area contributed by atoms with Crippen molar-refractivity contribution in [2.24, 2.45) is 0 Å². The van der Waals surface area contributed by atoms with Crippen molar-refractivity contribution in [3.05, 3.63) is 83.2 Å². The number of carbonyl (C=O) groups excluding carboxylic acids is 1. The second-order valence-electron chi connectivity index (χ2n) is 5.56. The number of aryl methyl sites for hydroxylation is 1. The van der Waals surface area contributed by atoms with E-state index in [9.17, 15) is 4.79 Å². The smallest absolute Gasteiger partial charge is 0.172 e. The summed E-state index contributed by atoms with van der Waals surface area (Å²) >= 11 is 0. The molecule has 0 bridgehead atoms. The lowest BCUT2D eigenvalue weighted by molar-refractivity contribution is 0.111. The van der Waals surface area contributed by atoms with Crippen LogP contribution in [0.4, 0.5) is 0 Å². The molecule has 0 radical (unpaired) electrons. The summed E-state index contributed by atoms with van der Waals surface area (Å²) in [6.07, 6.45) is 2.39. The molecule has 3 aromatic rings. The van der Waals surface area contributed by atoms with Gasteiger partial charge in [0.05, 0.1) is 11.7 Å². The summed E-state index contributed by atoms with van der Waals surface area (Å²) in [5, 5.41) is 8.25. The van der Waals surface area contributed by atoms with Crippen LogP contribution in [0.2, 0.25) is 0 Å². The molecule has 116 valence electrons. The largest absolute Gasteiger partial charge is 0.296 e. The third-order valence-corrected chi connectivity index (χ3v) is 4.07. The first-order chi connectivity index (χ1) is 11.3. The van der Waals surface area contributed by atoms with E-state index in [2.05, 4.69) is 41.5 Å². The molecule has 3 rings (SSSR count). The molecule has 0 aliphatic heterocycles. The summed E-state index contributed by atoms with van der Waals surface area (Å²) in [4.78, 5) is 11.3. The van der Waals surface area contributed by atoms with Crippen LogP contribution in [0.1, 0.15) is 40.3 Å². The van der Waals surface area contributed by atoms with Crippen LogP contribution in [0.25, 0.3) is 0 Å². The molecule has 0 saturated carbocycles. The molecule has 0 aliphatic carbocycles. The van der Waals surface area contributed by atoms with Crippen LogP contribution in [0.5, 0.6) is 0 Å². The van der Waals surface area contributed by atoms with Gasteiger partial charge in [0.25, 0.3) is 0 Å². The monoisotopic (exact) mass is 305 g/mol. The maximum atomic E-state index is 11.3. The SMILES string of the molecule is CC(c1ccccc1)n1nnc(C=O)c1CCc1ccccc1. The minimum atomic E-state index is 0.0446. The third-order valence-electron chi connectivity index (χ3n) is 4.07. The molecule has 1 heterocycles. The van der Waals surface area contributed by atoms with Gasteiger partial charge in [0.1, 0.15) is 5.69 Å². The van der Waals surface area contributed by atoms with Crippen molar-refractivity contribution in [1.82, 2.24) is 15.0 Å². The predicted molar refractivity (Wildman–Crippen MR) is 89.5 cm³/mol. The zero-order chi connectivity index (χ0) is 16.1. The molecule has 0 spiro atoms. The molecule has 4 nitrogen and oxygen atoms in total. The molecule has 1 unspecified atom stereocenters. The number of aromatic nitrogens is 3. The van der Waals surface area contributed by atoms with Gasteiger partial charge in [0.15, 0.2) is 6.29 Å². The molecule has 0 N–H and O–H groups in total. The number of hydrogen-bond donors (Lipinski definition) is 0. The van der Waals surface area contributed by atoms with Crippen LogP contribution >= 0.6 is 0 Å². The average molecular weight is 305 g/mol. The predicted octanol–water partition coefficient (Wildman–Crippen LogP) is 3.49. The lowest BCUT2D eigenvalue weighted by Gasteiger charge is -2.15. The zero-order valence-corrected chi connectivity index (χ0v) is 13.1. The molecule has 0 saturated heterocycles. The highest BCUT2D eigenvalue weighted by molar-refractivity contribution is 5.73. The average Bonchev–Trinajstić information content (AvgIpc) is 3.04. The van der Waals surface area contributed by atoms with Crippen molar-refractivity contribution in [2.75, 3.05) is 0 Å². The van der Waals surface area contributed by atoms with E-state index in [-0.39, 0.29) is 6.04 Å². The maximum Gasteiger partial charge on any atom is 0.172 e. The Morgan fingerprint density at radius 2 is 1.65 bits per heavy atom. The van der Waals surface area contributed by atoms with Crippen LogP contribution < -0.4 is 0 Å². The van der Waals surface area contributed by atoms with Gasteiger partial charge in [-0.15, -0.1) is 5.10 Å². The van der Waals surface area contributed by atoms with Crippen molar-refractivity contribution in [3.63, 3.8) is 0 Å². The molecule has 1 aromatic heterocycles. The van der Waals surface area contributed by atoms with Gasteiger partial charge in [-0.05, 0) is 30.9 Å². The number of benzene rings is 2. The summed E-state index contributed by atoms with van der Waals surface area (Å²) in [7, 11) is 0. The van der Waals surface area contributed by atoms with E-state index in [0.29, 0.717) is 5.69 Å². The summed E-state index contributed by atoms with van der Waals surface area (Å²) < 4.78 is 1.86. The van der Waals surface area contributed by atoms with Crippen molar-refractivity contribution < 1.29 is 4.79 Å². The highest BCUT2D eigenvalue weighted by atomic mass is 16.1. The molecule has 1 atom stereocenters. The number of rotatable bonds is 6. The van der Waals surface area contributed by atoms with Gasteiger partial charge >= 0.3 is 0 Å². The Hall–Kier alpha value is -2.75. The fraction of sp³-hybridized carbons (Fsp3) is 0.211. The fourth-order valence-electron chi connectivity index (χ4n) is 2.75. The van der Waals surface area contributed by atoms with Crippen LogP contribution in [0.3, 0.4) is 0 Å². The Balaban J connectivity index is 1.87. The van der Waals surface area contributed by atoms with Gasteiger partial charge in [-0.25, -0.2) is 4.68 Å². The molecular weight excluding hydrogens is 286 g/mol. The highest BCUT2D eigenvalue weighted by Crippen LogP contribution is 2.20. The number of nitrogens with zero attached hydrogens (tertiary/aromatic N) is 3. The fourth-order valence-corrected chi connectivity index (χ4v) is 2.75. The van der Waals surface area contributed by atoms with Gasteiger partial charge < -0.3 is 0 Å². The molecule has 4 heteroatoms. The summed E-state index contributed by atoms with van der Waals surface area (Å²) in [6, 6.07) is 20.4. The summed E-state index contributed by atoms with van der Waals surface area (Å²) in [6.45, 7) is 2.07. The lowest BCUT2D eigenvalue weighted by Crippen LogP contribution is -2.13. The first-order valence-corrected chi connectivity index (χ1v) is 7.77. The minimum Gasteiger partial charge on any atom is -0.296 e. The normalized spacial score (nSPS) is 12.0. The Morgan fingerprint density at radius 1 is 1.00 bits per heavy atom. The Morgan fingerprint density at radius 3 is 2.30 bits per heavy atom. The molecular formula is C19H19N3O. The van der Waals surface area contributed by atoms with Crippen molar-refractivity contribution in [1.29, 1.82) is 0 Å². The number of carbonyl (C=O) groups is 1. The summed E-state index contributed by atoms with van der Waals surface area (Å²) in [5.74, 6) is 0. The number of aldehydes is 1. The van der Waals surface area contributed by atoms with E-state index >= 15 is 0 Å². The van der Waals surface area contributed by atoms with Crippen molar-refractivity contribution in [3.8, 4) is 0 Å². The number of hydrogen-bond acceptors (Lipinski definition) is 3. The van der Waals surface area contributed by atoms with Crippen LogP contribution in [0, 0.1) is 0 Å². The van der Waals surface area contributed by atoms with E-state index in [1.807, 2.05) is 41.1 Å². The second kappa shape index (κ2) is 7.01. The quantitative estimate of drug-likeness (QED) is 0.655. The van der Waals surface area contributed by atoms with Gasteiger partial charge in [-0.2, -0.15) is 0 Å². The van der Waals surface area contributed by atoms with E-state index in [0.717, 1.165) is 30.4 Å². The Kier molecular flexibility index (Phi) is 4.62. The Labute approximate surface area is 135 Å². The molecule has 0 fully saturated rings. The maximum absolute atomic E-state index is 11.3. The molecule has 0 amide bonds. The van der Waals surface area contributed by atoms with E-state index in [4.69, 9.17) is 0 Å². The van der Waals surface area contributed by atoms with Crippen molar-refractivity contribution >= 4 is 6.29 Å². The van der Waals surface area contributed by atoms with E-state index in [1.165, 1.54) is 5.56 Å². The summed E-state index contributed by atoms with van der Waals surface area (Å²) in [5.41, 5.74) is 3.71. The third kappa shape index (κ3) is 3.37. The lowest BCUT2D eigenvalue weighted by atomic mass is 10.1. The first kappa shape index (κ1) is 15.2. The van der Waals surface area contributed by atoms with Crippen LogP contribution in [0.15, 0.2) is 60.7 Å². The Bertz CT molecular complexity index is 766. The van der Waals surface area contributed by atoms with Gasteiger partial charge in [-0.1, -0.05) is 65.9 Å². The standard InChI is InChI=1S/C19H19N3O/c1-15(17-10-6-3-7-11-17)22-19(18(14-23)20-21-22)13-12-16-8-4-2-5-9-16/h2-11,14-15H,12-13H2,1H3. The molecule has 23 heavy (non-hydrogen) atoms. The zero-order valence-electron chi connectivity index (χ0n) is 13.1. The second-order valence-corrected chi connectivity index (χ2v) is 5.56. The topological polar surface area (TPSA) is 47.8 Å². The molecule has 2 aromatic carbocycles. The van der Waals surface area contributed by atoms with E-state index in [1.54, 1.807) is 0 Å². The molecule has 0 aliphatic rings. The van der Waals surface area contributed by atoms with E-state index < -0.39 is 0 Å². The van der Waals surface area contributed by atoms with Gasteiger partial charge in [-0.3, -0.25) is 4.79 Å². The van der Waals surface area contributed by atoms with Crippen LogP contribution in [-0.2, 0) is 12.8 Å². The minimum absolute atomic E-state index is 0.0446. The first-order valence-electron chi connectivity index (χ1n) is 7.77. The van der Waals surface area contributed by atoms with Crippen LogP contribution in [-0.4, -0.2) is 21.3 Å².